The molecule has 4 aromatic carbocycles. The molecule has 3 heterocycles. The van der Waals surface area contributed by atoms with Crippen LogP contribution in [0, 0.1) is 11.8 Å². The Morgan fingerprint density at radius 1 is 0.830 bits per heavy atom. The summed E-state index contributed by atoms with van der Waals surface area (Å²) >= 11 is 5.14. The van der Waals surface area contributed by atoms with E-state index in [9.17, 15) is 24.3 Å². The smallest absolute Gasteiger partial charge is 0.230 e. The number of ether oxygens (including phenoxy) is 1. The zero-order valence-electron chi connectivity index (χ0n) is 29.1. The Bertz CT molecular complexity index is 2220. The summed E-state index contributed by atoms with van der Waals surface area (Å²) < 4.78 is 8.54. The molecule has 2 unspecified atom stereocenters. The fraction of sp³-hybridized carbons (Fsp3) is 0.302. The second kappa shape index (κ2) is 15.0. The number of phenolic OH excluding ortho intramolecular Hbond substituents is 1. The molecule has 53 heavy (non-hydrogen) atoms. The number of carbonyl (C=O) groups excluding carboxylic acids is 4. The minimum absolute atomic E-state index is 0.146. The first-order chi connectivity index (χ1) is 25.7. The average Bonchev–Trinajstić information content (AvgIpc) is 3.63. The molecule has 2 atom stereocenters. The third-order valence-corrected chi connectivity index (χ3v) is 12.7. The largest absolute Gasteiger partial charge is 0.508 e. The van der Waals surface area contributed by atoms with E-state index in [0.29, 0.717) is 17.0 Å². The fourth-order valence-corrected chi connectivity index (χ4v) is 9.48. The van der Waals surface area contributed by atoms with E-state index in [1.165, 1.54) is 5.56 Å². The Labute approximate surface area is 320 Å². The molecular weight excluding hydrogens is 752 g/mol. The van der Waals surface area contributed by atoms with Gasteiger partial charge in [-0.1, -0.05) is 52.3 Å². The highest BCUT2D eigenvalue weighted by molar-refractivity contribution is 9.10. The number of piperidine rings is 2. The van der Waals surface area contributed by atoms with Gasteiger partial charge >= 0.3 is 0 Å². The highest BCUT2D eigenvalue weighted by Gasteiger charge is 2.47. The first-order valence-electron chi connectivity index (χ1n) is 18.3. The lowest BCUT2D eigenvalue weighted by Gasteiger charge is -2.32. The van der Waals surface area contributed by atoms with Gasteiger partial charge in [0.25, 0.3) is 0 Å². The summed E-state index contributed by atoms with van der Waals surface area (Å²) in [6.07, 6.45) is 5.40. The van der Waals surface area contributed by atoms with E-state index in [1.54, 1.807) is 29.5 Å². The van der Waals surface area contributed by atoms with Gasteiger partial charge in [-0.3, -0.25) is 24.5 Å². The molecule has 3 aliphatic rings. The SMILES string of the molecule is O=C1CCC(C2C(=O)c3ccc(CCCCN4CCC(c5ccc(Oc6c(-c7ccc(Br)cc7)sc7cc(O)ccc67)cc5)CC4)cc3C2=O)C(=O)N1. The minimum atomic E-state index is -1.03. The van der Waals surface area contributed by atoms with E-state index in [-0.39, 0.29) is 36.1 Å². The molecule has 2 amide bonds. The number of likely N-dealkylation sites (tertiary alicyclic amines) is 1. The Kier molecular flexibility index (Phi) is 10.0. The standard InChI is InChI=1S/C43H39BrN2O6S/c44-29-9-5-28(6-10-29)42-41(33-15-11-30(47)24-36(33)53-42)52-31-12-7-26(8-13-31)27-18-21-46(22-19-27)20-2-1-3-25-4-14-32-35(23-25)40(50)38(39(32)49)34-16-17-37(48)45-43(34)51/h4-15,23-24,27,34,38,47H,1-3,16-22H2,(H,45,48,51). The molecule has 2 fully saturated rings. The number of amides is 2. The van der Waals surface area contributed by atoms with E-state index in [0.717, 1.165) is 93.8 Å². The van der Waals surface area contributed by atoms with Gasteiger partial charge in [-0.15, -0.1) is 11.3 Å². The van der Waals surface area contributed by atoms with Gasteiger partial charge in [0.15, 0.2) is 17.3 Å². The summed E-state index contributed by atoms with van der Waals surface area (Å²) in [4.78, 5) is 53.9. The minimum Gasteiger partial charge on any atom is -0.508 e. The Morgan fingerprint density at radius 3 is 2.34 bits per heavy atom. The summed E-state index contributed by atoms with van der Waals surface area (Å²) in [5, 5.41) is 13.4. The predicted molar refractivity (Wildman–Crippen MR) is 209 cm³/mol. The highest BCUT2D eigenvalue weighted by Crippen LogP contribution is 2.47. The molecule has 2 saturated heterocycles. The van der Waals surface area contributed by atoms with Crippen LogP contribution in [0.4, 0.5) is 0 Å². The normalized spacial score (nSPS) is 19.5. The van der Waals surface area contributed by atoms with E-state index >= 15 is 0 Å². The molecule has 0 saturated carbocycles. The van der Waals surface area contributed by atoms with Gasteiger partial charge in [0.05, 0.1) is 16.7 Å². The van der Waals surface area contributed by atoms with Crippen LogP contribution in [0.2, 0.25) is 0 Å². The molecule has 1 aromatic heterocycles. The van der Waals surface area contributed by atoms with Crippen LogP contribution < -0.4 is 10.1 Å². The maximum atomic E-state index is 13.2. The number of halogens is 1. The summed E-state index contributed by atoms with van der Waals surface area (Å²) in [6, 6.07) is 27.6. The quantitative estimate of drug-likeness (QED) is 0.0825. The number of hydrogen-bond acceptors (Lipinski definition) is 8. The first kappa shape index (κ1) is 35.4. The molecule has 1 aliphatic carbocycles. The molecule has 8 nitrogen and oxygen atoms in total. The van der Waals surface area contributed by atoms with Gasteiger partial charge in [-0.2, -0.15) is 0 Å². The van der Waals surface area contributed by atoms with Gasteiger partial charge < -0.3 is 14.7 Å². The van der Waals surface area contributed by atoms with Crippen LogP contribution in [-0.2, 0) is 16.0 Å². The van der Waals surface area contributed by atoms with E-state index < -0.39 is 17.7 Å². The number of unbranched alkanes of at least 4 members (excludes halogenated alkanes) is 1. The third kappa shape index (κ3) is 7.32. The van der Waals surface area contributed by atoms with Gasteiger partial charge in [0.1, 0.15) is 11.5 Å². The van der Waals surface area contributed by atoms with Crippen LogP contribution in [-0.4, -0.2) is 53.0 Å². The van der Waals surface area contributed by atoms with Crippen molar-refractivity contribution >= 4 is 60.7 Å². The summed E-state index contributed by atoms with van der Waals surface area (Å²) in [6.45, 7) is 3.11. The monoisotopic (exact) mass is 790 g/mol. The lowest BCUT2D eigenvalue weighted by atomic mass is 9.82. The number of phenols is 1. The lowest BCUT2D eigenvalue weighted by molar-refractivity contribution is -0.137. The third-order valence-electron chi connectivity index (χ3n) is 10.9. The number of hydrogen-bond donors (Lipinski definition) is 2. The van der Waals surface area contributed by atoms with E-state index in [1.807, 2.05) is 30.3 Å². The average molecular weight is 792 g/mol. The molecule has 0 radical (unpaired) electrons. The van der Waals surface area contributed by atoms with Crippen LogP contribution in [0.3, 0.4) is 0 Å². The van der Waals surface area contributed by atoms with Gasteiger partial charge in [0, 0.05) is 32.1 Å². The van der Waals surface area contributed by atoms with E-state index in [2.05, 4.69) is 62.5 Å². The molecule has 8 rings (SSSR count). The number of thiophene rings is 1. The molecular formula is C43H39BrN2O6S. The van der Waals surface area contributed by atoms with Crippen molar-refractivity contribution in [2.45, 2.75) is 50.9 Å². The van der Waals surface area contributed by atoms with Crippen molar-refractivity contribution in [2.24, 2.45) is 11.8 Å². The summed E-state index contributed by atoms with van der Waals surface area (Å²) in [7, 11) is 0. The Morgan fingerprint density at radius 2 is 1.58 bits per heavy atom. The molecule has 10 heteroatoms. The number of nitrogens with zero attached hydrogens (tertiary/aromatic N) is 1. The zero-order valence-corrected chi connectivity index (χ0v) is 31.5. The van der Waals surface area contributed by atoms with Crippen molar-refractivity contribution < 1.29 is 29.0 Å². The maximum absolute atomic E-state index is 13.2. The number of aryl methyl sites for hydroxylation is 1. The number of rotatable bonds is 10. The first-order valence-corrected chi connectivity index (χ1v) is 19.9. The van der Waals surface area contributed by atoms with Gasteiger partial charge in [-0.25, -0.2) is 0 Å². The Hall–Kier alpha value is -4.64. The van der Waals surface area contributed by atoms with Crippen molar-refractivity contribution in [3.8, 4) is 27.7 Å². The number of aromatic hydroxyl groups is 1. The van der Waals surface area contributed by atoms with Crippen LogP contribution in [0.1, 0.15) is 76.3 Å². The number of ketones is 2. The number of carbonyl (C=O) groups is 4. The molecule has 2 aliphatic heterocycles. The number of Topliss-reactive ketones (excluding diaryl/α,β-unsaturated/α-hetero) is 2. The van der Waals surface area contributed by atoms with Crippen molar-refractivity contribution in [3.05, 3.63) is 112 Å². The van der Waals surface area contributed by atoms with Gasteiger partial charge in [-0.05, 0) is 129 Å². The van der Waals surface area contributed by atoms with Crippen molar-refractivity contribution in [2.75, 3.05) is 19.6 Å². The predicted octanol–water partition coefficient (Wildman–Crippen LogP) is 9.08. The second-order valence-corrected chi connectivity index (χ2v) is 16.3. The molecule has 2 N–H and O–H groups in total. The molecule has 5 aromatic rings. The van der Waals surface area contributed by atoms with Gasteiger partial charge in [0.2, 0.25) is 11.8 Å². The van der Waals surface area contributed by atoms with Crippen LogP contribution in [0.15, 0.2) is 89.4 Å². The van der Waals surface area contributed by atoms with Crippen LogP contribution in [0.5, 0.6) is 17.2 Å². The number of fused-ring (bicyclic) bond motifs is 2. The van der Waals surface area contributed by atoms with Crippen molar-refractivity contribution in [1.82, 2.24) is 10.2 Å². The number of nitrogens with one attached hydrogen (secondary N) is 1. The van der Waals surface area contributed by atoms with E-state index in [4.69, 9.17) is 4.74 Å². The maximum Gasteiger partial charge on any atom is 0.230 e. The molecule has 0 bridgehead atoms. The topological polar surface area (TPSA) is 113 Å². The van der Waals surface area contributed by atoms with Crippen molar-refractivity contribution in [3.63, 3.8) is 0 Å². The molecule has 0 spiro atoms. The highest BCUT2D eigenvalue weighted by atomic mass is 79.9. The van der Waals surface area contributed by atoms with Crippen molar-refractivity contribution in [1.29, 1.82) is 0 Å². The number of benzene rings is 4. The lowest BCUT2D eigenvalue weighted by Crippen LogP contribution is -2.46. The zero-order chi connectivity index (χ0) is 36.6. The number of imide groups is 1. The summed E-state index contributed by atoms with van der Waals surface area (Å²) in [5.41, 5.74) is 4.22. The Balaban J connectivity index is 0.825. The van der Waals surface area contributed by atoms with Crippen LogP contribution >= 0.6 is 27.3 Å². The second-order valence-electron chi connectivity index (χ2n) is 14.3. The summed E-state index contributed by atoms with van der Waals surface area (Å²) in [5.74, 6) is -0.973. The van der Waals surface area contributed by atoms with Crippen LogP contribution in [0.25, 0.3) is 20.5 Å². The fourth-order valence-electron chi connectivity index (χ4n) is 8.05. The molecule has 270 valence electrons.